The zero-order valence-corrected chi connectivity index (χ0v) is 9.68. The summed E-state index contributed by atoms with van der Waals surface area (Å²) in [6.07, 6.45) is 0.472. The van der Waals surface area contributed by atoms with Crippen molar-refractivity contribution in [2.75, 3.05) is 18.0 Å². The number of carbonyl (C=O) groups excluding carboxylic acids is 1. The fraction of sp³-hybridized carbons (Fsp3) is 0.308. The molecular weight excluding hydrogens is 214 g/mol. The SMILES string of the molecule is CCC(=O)c1ccc(N(CC#N)CC#N)cc1. The molecule has 0 saturated heterocycles. The molecule has 0 spiro atoms. The fourth-order valence-corrected chi connectivity index (χ4v) is 1.47. The molecule has 0 amide bonds. The first-order valence-electron chi connectivity index (χ1n) is 5.35. The standard InChI is InChI=1S/C13H13N3O/c1-2-13(17)11-3-5-12(6-4-11)16(9-7-14)10-8-15/h3-6H,2,9-10H2,1H3. The van der Waals surface area contributed by atoms with Crippen LogP contribution in [0.15, 0.2) is 24.3 Å². The summed E-state index contributed by atoms with van der Waals surface area (Å²) in [6, 6.07) is 11.0. The Morgan fingerprint density at radius 2 is 1.71 bits per heavy atom. The van der Waals surface area contributed by atoms with E-state index < -0.39 is 0 Å². The molecule has 4 heteroatoms. The third-order valence-corrected chi connectivity index (χ3v) is 2.40. The quantitative estimate of drug-likeness (QED) is 0.570. The van der Waals surface area contributed by atoms with E-state index >= 15 is 0 Å². The highest BCUT2D eigenvalue weighted by Crippen LogP contribution is 2.15. The van der Waals surface area contributed by atoms with Crippen LogP contribution in [0.2, 0.25) is 0 Å². The number of carbonyl (C=O) groups is 1. The summed E-state index contributed by atoms with van der Waals surface area (Å²) in [5.74, 6) is 0.0867. The first-order chi connectivity index (χ1) is 8.22. The summed E-state index contributed by atoms with van der Waals surface area (Å²) in [5.41, 5.74) is 1.44. The first-order valence-corrected chi connectivity index (χ1v) is 5.35. The minimum Gasteiger partial charge on any atom is -0.345 e. The lowest BCUT2D eigenvalue weighted by Crippen LogP contribution is -2.23. The smallest absolute Gasteiger partial charge is 0.162 e. The van der Waals surface area contributed by atoms with Crippen LogP contribution in [0.1, 0.15) is 23.7 Å². The van der Waals surface area contributed by atoms with Gasteiger partial charge >= 0.3 is 0 Å². The van der Waals surface area contributed by atoms with Crippen molar-refractivity contribution in [1.29, 1.82) is 10.5 Å². The second-order valence-corrected chi connectivity index (χ2v) is 3.50. The third-order valence-electron chi connectivity index (χ3n) is 2.40. The molecule has 1 aromatic carbocycles. The van der Waals surface area contributed by atoms with Crippen molar-refractivity contribution in [1.82, 2.24) is 0 Å². The molecule has 1 aromatic rings. The van der Waals surface area contributed by atoms with Gasteiger partial charge in [0.05, 0.1) is 12.1 Å². The number of anilines is 1. The molecule has 0 N–H and O–H groups in total. The molecule has 0 atom stereocenters. The number of ketones is 1. The monoisotopic (exact) mass is 227 g/mol. The van der Waals surface area contributed by atoms with E-state index in [1.165, 1.54) is 0 Å². The molecule has 0 heterocycles. The average molecular weight is 227 g/mol. The number of rotatable bonds is 5. The van der Waals surface area contributed by atoms with Crippen molar-refractivity contribution in [3.63, 3.8) is 0 Å². The van der Waals surface area contributed by atoms with Gasteiger partial charge in [-0.3, -0.25) is 4.79 Å². The Morgan fingerprint density at radius 1 is 1.18 bits per heavy atom. The predicted octanol–water partition coefficient (Wildman–Crippen LogP) is 2.13. The Kier molecular flexibility index (Phi) is 4.72. The van der Waals surface area contributed by atoms with Gasteiger partial charge in [-0.2, -0.15) is 10.5 Å². The van der Waals surface area contributed by atoms with Gasteiger partial charge in [0, 0.05) is 17.7 Å². The highest BCUT2D eigenvalue weighted by molar-refractivity contribution is 5.96. The van der Waals surface area contributed by atoms with Crippen LogP contribution in [0.3, 0.4) is 0 Å². The highest BCUT2D eigenvalue weighted by atomic mass is 16.1. The molecule has 0 bridgehead atoms. The van der Waals surface area contributed by atoms with E-state index in [0.29, 0.717) is 12.0 Å². The number of nitriles is 2. The summed E-state index contributed by atoms with van der Waals surface area (Å²) >= 11 is 0. The molecule has 0 aliphatic rings. The Balaban J connectivity index is 2.89. The highest BCUT2D eigenvalue weighted by Gasteiger charge is 2.07. The van der Waals surface area contributed by atoms with Crippen LogP contribution in [-0.2, 0) is 0 Å². The van der Waals surface area contributed by atoms with Gasteiger partial charge in [0.1, 0.15) is 13.1 Å². The second-order valence-electron chi connectivity index (χ2n) is 3.50. The minimum atomic E-state index is 0.0867. The van der Waals surface area contributed by atoms with Gasteiger partial charge in [-0.05, 0) is 24.3 Å². The van der Waals surface area contributed by atoms with Gasteiger partial charge in [0.15, 0.2) is 5.78 Å². The van der Waals surface area contributed by atoms with E-state index in [1.54, 1.807) is 29.2 Å². The molecule has 0 unspecified atom stereocenters. The summed E-state index contributed by atoms with van der Waals surface area (Å²) in [4.78, 5) is 13.1. The number of hydrogen-bond acceptors (Lipinski definition) is 4. The summed E-state index contributed by atoms with van der Waals surface area (Å²) in [5, 5.41) is 17.3. The van der Waals surface area contributed by atoms with Crippen LogP contribution in [0, 0.1) is 22.7 Å². The third kappa shape index (κ3) is 3.32. The molecule has 0 aromatic heterocycles. The van der Waals surface area contributed by atoms with E-state index in [0.717, 1.165) is 5.69 Å². The number of Topliss-reactive ketones (excluding diaryl/α,β-unsaturated/α-hetero) is 1. The maximum atomic E-state index is 11.4. The number of hydrogen-bond donors (Lipinski definition) is 0. The molecule has 17 heavy (non-hydrogen) atoms. The van der Waals surface area contributed by atoms with Crippen LogP contribution in [0.4, 0.5) is 5.69 Å². The van der Waals surface area contributed by atoms with Crippen LogP contribution in [0.5, 0.6) is 0 Å². The topological polar surface area (TPSA) is 67.9 Å². The van der Waals surface area contributed by atoms with Gasteiger partial charge in [-0.25, -0.2) is 0 Å². The maximum absolute atomic E-state index is 11.4. The molecule has 0 aliphatic carbocycles. The Morgan fingerprint density at radius 3 is 2.12 bits per heavy atom. The molecule has 0 aliphatic heterocycles. The van der Waals surface area contributed by atoms with Crippen molar-refractivity contribution in [3.05, 3.63) is 29.8 Å². The summed E-state index contributed by atoms with van der Waals surface area (Å²) in [6.45, 7) is 2.14. The number of nitrogens with zero attached hydrogens (tertiary/aromatic N) is 3. The van der Waals surface area contributed by atoms with Crippen LogP contribution in [0.25, 0.3) is 0 Å². The van der Waals surface area contributed by atoms with Gasteiger partial charge < -0.3 is 4.90 Å². The maximum Gasteiger partial charge on any atom is 0.162 e. The van der Waals surface area contributed by atoms with Crippen molar-refractivity contribution in [2.45, 2.75) is 13.3 Å². The second kappa shape index (κ2) is 6.30. The lowest BCUT2D eigenvalue weighted by molar-refractivity contribution is 0.0988. The molecule has 4 nitrogen and oxygen atoms in total. The van der Waals surface area contributed by atoms with Gasteiger partial charge in [0.2, 0.25) is 0 Å². The Hall–Kier alpha value is -2.33. The number of benzene rings is 1. The van der Waals surface area contributed by atoms with E-state index in [-0.39, 0.29) is 18.9 Å². The lowest BCUT2D eigenvalue weighted by Gasteiger charge is -2.17. The lowest BCUT2D eigenvalue weighted by atomic mass is 10.1. The van der Waals surface area contributed by atoms with E-state index in [4.69, 9.17) is 10.5 Å². The Bertz CT molecular complexity index is 449. The zero-order chi connectivity index (χ0) is 12.7. The van der Waals surface area contributed by atoms with E-state index in [2.05, 4.69) is 0 Å². The first kappa shape index (κ1) is 12.7. The summed E-state index contributed by atoms with van der Waals surface area (Å²) < 4.78 is 0. The van der Waals surface area contributed by atoms with Crippen molar-refractivity contribution < 1.29 is 4.79 Å². The molecule has 86 valence electrons. The van der Waals surface area contributed by atoms with Crippen LogP contribution < -0.4 is 4.90 Å². The van der Waals surface area contributed by atoms with Crippen molar-refractivity contribution in [3.8, 4) is 12.1 Å². The van der Waals surface area contributed by atoms with Gasteiger partial charge in [0.25, 0.3) is 0 Å². The molecule has 1 rings (SSSR count). The van der Waals surface area contributed by atoms with Crippen molar-refractivity contribution in [2.24, 2.45) is 0 Å². The minimum absolute atomic E-state index is 0.0867. The fourth-order valence-electron chi connectivity index (χ4n) is 1.47. The van der Waals surface area contributed by atoms with Crippen molar-refractivity contribution >= 4 is 11.5 Å². The van der Waals surface area contributed by atoms with Crippen LogP contribution in [-0.4, -0.2) is 18.9 Å². The summed E-state index contributed by atoms with van der Waals surface area (Å²) in [7, 11) is 0. The normalized spacial score (nSPS) is 9.12. The van der Waals surface area contributed by atoms with Gasteiger partial charge in [-0.1, -0.05) is 6.92 Å². The average Bonchev–Trinajstić information content (AvgIpc) is 2.38. The van der Waals surface area contributed by atoms with E-state index in [1.807, 2.05) is 19.1 Å². The molecular formula is C13H13N3O. The largest absolute Gasteiger partial charge is 0.345 e. The molecule has 0 fully saturated rings. The Labute approximate surface area is 101 Å². The van der Waals surface area contributed by atoms with Crippen LogP contribution >= 0.6 is 0 Å². The molecule has 0 radical (unpaired) electrons. The zero-order valence-electron chi connectivity index (χ0n) is 9.68. The van der Waals surface area contributed by atoms with Gasteiger partial charge in [-0.15, -0.1) is 0 Å². The predicted molar refractivity (Wildman–Crippen MR) is 64.5 cm³/mol. The van der Waals surface area contributed by atoms with E-state index in [9.17, 15) is 4.79 Å². The molecule has 0 saturated carbocycles.